The van der Waals surface area contributed by atoms with Crippen LogP contribution in [0.2, 0.25) is 5.02 Å². The van der Waals surface area contributed by atoms with Gasteiger partial charge in [-0.1, -0.05) is 48.0 Å². The molecule has 1 saturated carbocycles. The molecule has 2 N–H and O–H groups in total. The van der Waals surface area contributed by atoms with Crippen molar-refractivity contribution in [2.45, 2.75) is 31.6 Å². The first-order chi connectivity index (χ1) is 13.1. The molecule has 0 atom stereocenters. The molecule has 1 heterocycles. The average Bonchev–Trinajstić information content (AvgIpc) is 3.48. The highest BCUT2D eigenvalue weighted by atomic mass is 35.5. The van der Waals surface area contributed by atoms with Gasteiger partial charge in [-0.05, 0) is 41.7 Å². The van der Waals surface area contributed by atoms with Gasteiger partial charge in [-0.2, -0.15) is 0 Å². The van der Waals surface area contributed by atoms with Crippen LogP contribution in [0, 0.1) is 0 Å². The first-order valence-corrected chi connectivity index (χ1v) is 9.44. The van der Waals surface area contributed by atoms with Crippen molar-refractivity contribution in [1.29, 1.82) is 0 Å². The van der Waals surface area contributed by atoms with Gasteiger partial charge in [0.1, 0.15) is 5.82 Å². The standard InChI is InChI=1S/C22H20ClN3O/c23-18-3-1-2-17(12-18)19-13-25-22(16-8-9-16)26-20(19)10-14-4-6-15(7-5-14)11-21(24)27/h1-7,12-13,16H,8-11H2,(H2,24,27). The van der Waals surface area contributed by atoms with Gasteiger partial charge in [0.15, 0.2) is 0 Å². The van der Waals surface area contributed by atoms with Gasteiger partial charge in [-0.3, -0.25) is 4.79 Å². The summed E-state index contributed by atoms with van der Waals surface area (Å²) in [5, 5.41) is 0.695. The Morgan fingerprint density at radius 2 is 1.85 bits per heavy atom. The Morgan fingerprint density at radius 3 is 2.52 bits per heavy atom. The van der Waals surface area contributed by atoms with E-state index in [4.69, 9.17) is 22.3 Å². The van der Waals surface area contributed by atoms with Gasteiger partial charge >= 0.3 is 0 Å². The maximum atomic E-state index is 11.1. The third-order valence-corrected chi connectivity index (χ3v) is 4.97. The molecular weight excluding hydrogens is 358 g/mol. The zero-order valence-electron chi connectivity index (χ0n) is 14.9. The van der Waals surface area contributed by atoms with Crippen LogP contribution in [0.4, 0.5) is 0 Å². The third-order valence-electron chi connectivity index (χ3n) is 4.74. The summed E-state index contributed by atoms with van der Waals surface area (Å²) < 4.78 is 0. The third kappa shape index (κ3) is 4.34. The lowest BCUT2D eigenvalue weighted by molar-refractivity contribution is -0.117. The van der Waals surface area contributed by atoms with Crippen LogP contribution in [0.1, 0.15) is 41.4 Å². The fourth-order valence-corrected chi connectivity index (χ4v) is 3.36. The molecule has 0 spiro atoms. The molecule has 1 aromatic heterocycles. The van der Waals surface area contributed by atoms with E-state index in [1.165, 1.54) is 0 Å². The average molecular weight is 378 g/mol. The minimum absolute atomic E-state index is 0.257. The van der Waals surface area contributed by atoms with Crippen molar-refractivity contribution in [1.82, 2.24) is 9.97 Å². The first kappa shape index (κ1) is 17.7. The van der Waals surface area contributed by atoms with E-state index in [-0.39, 0.29) is 12.3 Å². The second-order valence-electron chi connectivity index (χ2n) is 7.01. The quantitative estimate of drug-likeness (QED) is 0.696. The van der Waals surface area contributed by atoms with E-state index in [0.717, 1.165) is 46.6 Å². The number of primary amides is 1. The number of rotatable bonds is 6. The van der Waals surface area contributed by atoms with E-state index in [2.05, 4.69) is 4.98 Å². The van der Waals surface area contributed by atoms with Crippen molar-refractivity contribution in [3.8, 4) is 11.1 Å². The molecule has 4 rings (SSSR count). The summed E-state index contributed by atoms with van der Waals surface area (Å²) in [6.07, 6.45) is 5.20. The van der Waals surface area contributed by atoms with Crippen LogP contribution in [0.15, 0.2) is 54.7 Å². The highest BCUT2D eigenvalue weighted by Crippen LogP contribution is 2.39. The predicted octanol–water partition coefficient (Wildman–Crippen LogP) is 4.29. The van der Waals surface area contributed by atoms with Crippen LogP contribution in [0.3, 0.4) is 0 Å². The maximum Gasteiger partial charge on any atom is 0.221 e. The summed E-state index contributed by atoms with van der Waals surface area (Å²) in [5.74, 6) is 1.10. The number of benzene rings is 2. The summed E-state index contributed by atoms with van der Waals surface area (Å²) in [5.41, 5.74) is 10.3. The van der Waals surface area contributed by atoms with E-state index in [9.17, 15) is 4.79 Å². The lowest BCUT2D eigenvalue weighted by Gasteiger charge is -2.11. The summed E-state index contributed by atoms with van der Waals surface area (Å²) in [6, 6.07) is 15.7. The molecule has 0 unspecified atom stereocenters. The van der Waals surface area contributed by atoms with Gasteiger partial charge in [0.2, 0.25) is 5.91 Å². The Balaban J connectivity index is 1.67. The number of carbonyl (C=O) groups excluding carboxylic acids is 1. The number of carbonyl (C=O) groups is 1. The summed E-state index contributed by atoms with van der Waals surface area (Å²) in [6.45, 7) is 0. The number of hydrogen-bond acceptors (Lipinski definition) is 3. The fraction of sp³-hybridized carbons (Fsp3) is 0.227. The van der Waals surface area contributed by atoms with Crippen molar-refractivity contribution in [2.75, 3.05) is 0 Å². The largest absolute Gasteiger partial charge is 0.369 e. The van der Waals surface area contributed by atoms with E-state index >= 15 is 0 Å². The van der Waals surface area contributed by atoms with Crippen molar-refractivity contribution in [2.24, 2.45) is 5.73 Å². The zero-order valence-corrected chi connectivity index (χ0v) is 15.6. The molecule has 136 valence electrons. The van der Waals surface area contributed by atoms with E-state index in [0.29, 0.717) is 17.4 Å². The predicted molar refractivity (Wildman–Crippen MR) is 107 cm³/mol. The molecule has 1 aliphatic carbocycles. The minimum atomic E-state index is -0.323. The van der Waals surface area contributed by atoms with Gasteiger partial charge in [0, 0.05) is 29.1 Å². The zero-order chi connectivity index (χ0) is 18.8. The van der Waals surface area contributed by atoms with Crippen LogP contribution in [-0.2, 0) is 17.6 Å². The van der Waals surface area contributed by atoms with Crippen LogP contribution in [0.5, 0.6) is 0 Å². The lowest BCUT2D eigenvalue weighted by Crippen LogP contribution is -2.13. The van der Waals surface area contributed by atoms with Gasteiger partial charge in [-0.15, -0.1) is 0 Å². The smallest absolute Gasteiger partial charge is 0.221 e. The molecule has 27 heavy (non-hydrogen) atoms. The second-order valence-corrected chi connectivity index (χ2v) is 7.45. The summed E-state index contributed by atoms with van der Waals surface area (Å²) in [7, 11) is 0. The highest BCUT2D eigenvalue weighted by molar-refractivity contribution is 6.30. The van der Waals surface area contributed by atoms with E-state index in [1.807, 2.05) is 54.7 Å². The number of nitrogens with two attached hydrogens (primary N) is 1. The monoisotopic (exact) mass is 377 g/mol. The number of hydrogen-bond donors (Lipinski definition) is 1. The molecule has 1 amide bonds. The Bertz CT molecular complexity index is 981. The molecule has 4 nitrogen and oxygen atoms in total. The van der Waals surface area contributed by atoms with Gasteiger partial charge in [0.25, 0.3) is 0 Å². The van der Waals surface area contributed by atoms with Crippen molar-refractivity contribution >= 4 is 17.5 Å². The van der Waals surface area contributed by atoms with Crippen LogP contribution in [-0.4, -0.2) is 15.9 Å². The molecule has 0 bridgehead atoms. The molecule has 1 aliphatic rings. The fourth-order valence-electron chi connectivity index (χ4n) is 3.17. The molecular formula is C22H20ClN3O. The molecule has 0 aliphatic heterocycles. The Morgan fingerprint density at radius 1 is 1.11 bits per heavy atom. The molecule has 0 radical (unpaired) electrons. The molecule has 5 heteroatoms. The normalized spacial score (nSPS) is 13.5. The first-order valence-electron chi connectivity index (χ1n) is 9.06. The minimum Gasteiger partial charge on any atom is -0.369 e. The Hall–Kier alpha value is -2.72. The molecule has 2 aromatic carbocycles. The number of aromatic nitrogens is 2. The number of halogens is 1. The van der Waals surface area contributed by atoms with Gasteiger partial charge < -0.3 is 5.73 Å². The highest BCUT2D eigenvalue weighted by Gasteiger charge is 2.27. The second kappa shape index (κ2) is 7.49. The van der Waals surface area contributed by atoms with Crippen molar-refractivity contribution in [3.05, 3.63) is 82.4 Å². The van der Waals surface area contributed by atoms with E-state index < -0.39 is 0 Å². The van der Waals surface area contributed by atoms with Gasteiger partial charge in [0.05, 0.1) is 12.1 Å². The Kier molecular flexibility index (Phi) is 4.90. The van der Waals surface area contributed by atoms with Crippen LogP contribution >= 0.6 is 11.6 Å². The number of amides is 1. The number of nitrogens with zero attached hydrogens (tertiary/aromatic N) is 2. The van der Waals surface area contributed by atoms with Crippen molar-refractivity contribution in [3.63, 3.8) is 0 Å². The van der Waals surface area contributed by atoms with Crippen molar-refractivity contribution < 1.29 is 4.79 Å². The lowest BCUT2D eigenvalue weighted by atomic mass is 9.99. The van der Waals surface area contributed by atoms with Crippen LogP contribution < -0.4 is 5.73 Å². The van der Waals surface area contributed by atoms with E-state index in [1.54, 1.807) is 0 Å². The Labute approximate surface area is 163 Å². The SMILES string of the molecule is NC(=O)Cc1ccc(Cc2nc(C3CC3)ncc2-c2cccc(Cl)c2)cc1. The maximum absolute atomic E-state index is 11.1. The topological polar surface area (TPSA) is 68.9 Å². The molecule has 0 saturated heterocycles. The molecule has 1 fully saturated rings. The summed E-state index contributed by atoms with van der Waals surface area (Å²) in [4.78, 5) is 20.5. The molecule has 3 aromatic rings. The van der Waals surface area contributed by atoms with Crippen LogP contribution in [0.25, 0.3) is 11.1 Å². The van der Waals surface area contributed by atoms with Gasteiger partial charge in [-0.25, -0.2) is 9.97 Å². The summed E-state index contributed by atoms with van der Waals surface area (Å²) >= 11 is 6.18.